The molecule has 0 fully saturated rings. The molecule has 2 N–H and O–H groups in total. The lowest BCUT2D eigenvalue weighted by Crippen LogP contribution is -2.27. The molecule has 0 saturated heterocycles. The van der Waals surface area contributed by atoms with Gasteiger partial charge in [0.25, 0.3) is 5.91 Å². The van der Waals surface area contributed by atoms with Crippen molar-refractivity contribution in [3.05, 3.63) is 60.2 Å². The van der Waals surface area contributed by atoms with Gasteiger partial charge in [0.05, 0.1) is 25.1 Å². The molecule has 1 amide bonds. The van der Waals surface area contributed by atoms with Crippen molar-refractivity contribution in [2.75, 3.05) is 19.0 Å². The summed E-state index contributed by atoms with van der Waals surface area (Å²) in [5.74, 6) is 0.508. The molecule has 2 aromatic rings. The standard InChI is InChI=1S/C21H27N3O2/c1-3-4-6-13-18(17-11-7-5-8-12-17)23-24-21(25)16-22-19-14-9-10-15-20(19)26-2/h5,7-12,14-15,22H,3-4,6,13,16H2,1-2H3,(H,24,25)/b23-18+. The zero-order valence-corrected chi connectivity index (χ0v) is 15.5. The minimum Gasteiger partial charge on any atom is -0.495 e. The summed E-state index contributed by atoms with van der Waals surface area (Å²) < 4.78 is 5.27. The number of ether oxygens (including phenoxy) is 1. The van der Waals surface area contributed by atoms with Crippen molar-refractivity contribution in [1.29, 1.82) is 0 Å². The summed E-state index contributed by atoms with van der Waals surface area (Å²) in [5, 5.41) is 7.44. The fourth-order valence-electron chi connectivity index (χ4n) is 2.57. The number of carbonyl (C=O) groups is 1. The van der Waals surface area contributed by atoms with Crippen LogP contribution in [0.4, 0.5) is 5.69 Å². The number of hydrogen-bond acceptors (Lipinski definition) is 4. The van der Waals surface area contributed by atoms with Crippen LogP contribution in [0.5, 0.6) is 5.75 Å². The number of amides is 1. The molecule has 0 bridgehead atoms. The molecule has 0 atom stereocenters. The molecule has 0 saturated carbocycles. The predicted octanol–water partition coefficient (Wildman–Crippen LogP) is 4.21. The quantitative estimate of drug-likeness (QED) is 0.382. The number of unbranched alkanes of at least 4 members (excludes halogenated alkanes) is 2. The van der Waals surface area contributed by atoms with Crippen LogP contribution in [-0.4, -0.2) is 25.3 Å². The van der Waals surface area contributed by atoms with Gasteiger partial charge < -0.3 is 10.1 Å². The van der Waals surface area contributed by atoms with Crippen LogP contribution in [0.1, 0.15) is 38.2 Å². The highest BCUT2D eigenvalue weighted by atomic mass is 16.5. The smallest absolute Gasteiger partial charge is 0.259 e. The summed E-state index contributed by atoms with van der Waals surface area (Å²) in [6.07, 6.45) is 4.20. The number of carbonyl (C=O) groups excluding carboxylic acids is 1. The number of para-hydroxylation sites is 2. The topological polar surface area (TPSA) is 62.7 Å². The fourth-order valence-corrected chi connectivity index (χ4v) is 2.57. The van der Waals surface area contributed by atoms with Crippen molar-refractivity contribution in [2.24, 2.45) is 5.10 Å². The molecule has 0 aliphatic carbocycles. The Morgan fingerprint density at radius 2 is 1.77 bits per heavy atom. The van der Waals surface area contributed by atoms with Crippen LogP contribution in [0.2, 0.25) is 0 Å². The Morgan fingerprint density at radius 1 is 1.04 bits per heavy atom. The first-order chi connectivity index (χ1) is 12.7. The van der Waals surface area contributed by atoms with Crippen LogP contribution in [0.25, 0.3) is 0 Å². The number of benzene rings is 2. The minimum absolute atomic E-state index is 0.126. The van der Waals surface area contributed by atoms with E-state index in [2.05, 4.69) is 22.8 Å². The van der Waals surface area contributed by atoms with E-state index in [9.17, 15) is 4.79 Å². The van der Waals surface area contributed by atoms with Gasteiger partial charge >= 0.3 is 0 Å². The van der Waals surface area contributed by atoms with E-state index in [-0.39, 0.29) is 12.5 Å². The number of methoxy groups -OCH3 is 1. The molecular formula is C21H27N3O2. The molecule has 0 radical (unpaired) electrons. The Hall–Kier alpha value is -2.82. The summed E-state index contributed by atoms with van der Waals surface area (Å²) in [6, 6.07) is 17.5. The lowest BCUT2D eigenvalue weighted by atomic mass is 10.0. The number of anilines is 1. The maximum Gasteiger partial charge on any atom is 0.259 e. The molecule has 5 nitrogen and oxygen atoms in total. The molecule has 0 unspecified atom stereocenters. The van der Waals surface area contributed by atoms with Crippen LogP contribution in [0, 0.1) is 0 Å². The van der Waals surface area contributed by atoms with E-state index in [4.69, 9.17) is 4.74 Å². The van der Waals surface area contributed by atoms with Gasteiger partial charge in [0.15, 0.2) is 0 Å². The van der Waals surface area contributed by atoms with Crippen molar-refractivity contribution in [1.82, 2.24) is 5.43 Å². The number of nitrogens with zero attached hydrogens (tertiary/aromatic N) is 1. The first-order valence-corrected chi connectivity index (χ1v) is 9.02. The van der Waals surface area contributed by atoms with E-state index in [0.717, 1.165) is 42.6 Å². The average Bonchev–Trinajstić information content (AvgIpc) is 2.69. The van der Waals surface area contributed by atoms with E-state index in [1.54, 1.807) is 7.11 Å². The molecule has 2 rings (SSSR count). The summed E-state index contributed by atoms with van der Waals surface area (Å²) >= 11 is 0. The van der Waals surface area contributed by atoms with Crippen LogP contribution >= 0.6 is 0 Å². The third-order valence-electron chi connectivity index (χ3n) is 3.99. The molecule has 0 aromatic heterocycles. The first kappa shape index (κ1) is 19.5. The van der Waals surface area contributed by atoms with Crippen LogP contribution in [0.3, 0.4) is 0 Å². The lowest BCUT2D eigenvalue weighted by molar-refractivity contribution is -0.119. The normalized spacial score (nSPS) is 11.1. The van der Waals surface area contributed by atoms with Gasteiger partial charge in [-0.25, -0.2) is 5.43 Å². The summed E-state index contributed by atoms with van der Waals surface area (Å²) in [7, 11) is 1.60. The fraction of sp³-hybridized carbons (Fsp3) is 0.333. The van der Waals surface area contributed by atoms with E-state index < -0.39 is 0 Å². The average molecular weight is 353 g/mol. The molecule has 2 aromatic carbocycles. The summed E-state index contributed by atoms with van der Waals surface area (Å²) in [4.78, 5) is 12.2. The molecule has 0 spiro atoms. The molecule has 26 heavy (non-hydrogen) atoms. The number of hydrogen-bond donors (Lipinski definition) is 2. The molecule has 0 aliphatic rings. The highest BCUT2D eigenvalue weighted by molar-refractivity contribution is 6.01. The molecular weight excluding hydrogens is 326 g/mol. The molecule has 0 aliphatic heterocycles. The van der Waals surface area contributed by atoms with Crippen molar-refractivity contribution in [3.8, 4) is 5.75 Å². The van der Waals surface area contributed by atoms with Gasteiger partial charge in [-0.05, 0) is 30.5 Å². The van der Waals surface area contributed by atoms with E-state index in [1.165, 1.54) is 0 Å². The van der Waals surface area contributed by atoms with Gasteiger partial charge in [-0.2, -0.15) is 5.10 Å². The third kappa shape index (κ3) is 6.24. The van der Waals surface area contributed by atoms with E-state index in [0.29, 0.717) is 5.75 Å². The second kappa shape index (κ2) is 10.9. The van der Waals surface area contributed by atoms with Crippen molar-refractivity contribution >= 4 is 17.3 Å². The van der Waals surface area contributed by atoms with Gasteiger partial charge in [-0.3, -0.25) is 4.79 Å². The van der Waals surface area contributed by atoms with Gasteiger partial charge in [0.2, 0.25) is 0 Å². The Kier molecular flexibility index (Phi) is 8.19. The van der Waals surface area contributed by atoms with Gasteiger partial charge in [-0.15, -0.1) is 0 Å². The minimum atomic E-state index is -0.195. The van der Waals surface area contributed by atoms with Gasteiger partial charge in [0, 0.05) is 0 Å². The Bertz CT molecular complexity index is 714. The van der Waals surface area contributed by atoms with Crippen LogP contribution < -0.4 is 15.5 Å². The number of nitrogens with one attached hydrogen (secondary N) is 2. The molecule has 138 valence electrons. The second-order valence-electron chi connectivity index (χ2n) is 5.97. The van der Waals surface area contributed by atoms with Crippen molar-refractivity contribution in [2.45, 2.75) is 32.6 Å². The van der Waals surface area contributed by atoms with E-state index >= 15 is 0 Å². The Morgan fingerprint density at radius 3 is 2.50 bits per heavy atom. The number of hydrazone groups is 1. The highest BCUT2D eigenvalue weighted by Crippen LogP contribution is 2.22. The Balaban J connectivity index is 1.95. The summed E-state index contributed by atoms with van der Waals surface area (Å²) in [6.45, 7) is 2.30. The number of rotatable bonds is 10. The first-order valence-electron chi connectivity index (χ1n) is 9.02. The zero-order chi connectivity index (χ0) is 18.6. The lowest BCUT2D eigenvalue weighted by Gasteiger charge is -2.11. The molecule has 0 heterocycles. The summed E-state index contributed by atoms with van der Waals surface area (Å²) in [5.41, 5.74) is 5.39. The largest absolute Gasteiger partial charge is 0.495 e. The van der Waals surface area contributed by atoms with Gasteiger partial charge in [0.1, 0.15) is 5.75 Å². The monoisotopic (exact) mass is 353 g/mol. The zero-order valence-electron chi connectivity index (χ0n) is 15.5. The van der Waals surface area contributed by atoms with Crippen LogP contribution in [0.15, 0.2) is 59.7 Å². The maximum absolute atomic E-state index is 12.2. The third-order valence-corrected chi connectivity index (χ3v) is 3.99. The Labute approximate surface area is 155 Å². The van der Waals surface area contributed by atoms with Crippen molar-refractivity contribution < 1.29 is 9.53 Å². The second-order valence-corrected chi connectivity index (χ2v) is 5.97. The van der Waals surface area contributed by atoms with E-state index in [1.807, 2.05) is 54.6 Å². The van der Waals surface area contributed by atoms with Crippen LogP contribution in [-0.2, 0) is 4.79 Å². The SMILES string of the molecule is CCCCC/C(=N\NC(=O)CNc1ccccc1OC)c1ccccc1. The van der Waals surface area contributed by atoms with Crippen molar-refractivity contribution in [3.63, 3.8) is 0 Å². The predicted molar refractivity (Wildman–Crippen MR) is 107 cm³/mol. The maximum atomic E-state index is 12.2. The molecule has 5 heteroatoms. The van der Waals surface area contributed by atoms with Gasteiger partial charge in [-0.1, -0.05) is 62.2 Å². The highest BCUT2D eigenvalue weighted by Gasteiger charge is 2.07.